The minimum absolute atomic E-state index is 0.153. The predicted molar refractivity (Wildman–Crippen MR) is 105 cm³/mol. The number of aliphatic hydroxyl groups is 2. The molecule has 3 atom stereocenters. The molecule has 4 nitrogen and oxygen atoms in total. The molecule has 0 aliphatic carbocycles. The summed E-state index contributed by atoms with van der Waals surface area (Å²) in [5.41, 5.74) is 0.565. The zero-order valence-corrected chi connectivity index (χ0v) is 16.1. The Bertz CT molecular complexity index is 747. The minimum Gasteiger partial charge on any atom is -0.394 e. The predicted octanol–water partition coefficient (Wildman–Crippen LogP) is 3.53. The molecule has 0 aromatic heterocycles. The molecule has 1 aliphatic heterocycles. The van der Waals surface area contributed by atoms with Crippen molar-refractivity contribution >= 4 is 0 Å². The smallest absolute Gasteiger partial charge is 0.394 e. The van der Waals surface area contributed by atoms with Crippen LogP contribution in [0.25, 0.3) is 0 Å². The molecule has 1 saturated heterocycles. The topological polar surface area (TPSA) is 55.7 Å². The fourth-order valence-electron chi connectivity index (χ4n) is 3.79. The maximum atomic E-state index is 12.8. The highest BCUT2D eigenvalue weighted by Crippen LogP contribution is 2.31. The molecule has 1 heterocycles. The summed E-state index contributed by atoms with van der Waals surface area (Å²) >= 11 is 0. The summed E-state index contributed by atoms with van der Waals surface area (Å²) in [5.74, 6) is 0. The summed E-state index contributed by atoms with van der Waals surface area (Å²) in [4.78, 5) is 2.23. The van der Waals surface area contributed by atoms with Crippen LogP contribution in [0.5, 0.6) is 0 Å². The number of nitrogens with one attached hydrogen (secondary N) is 1. The van der Waals surface area contributed by atoms with Crippen molar-refractivity contribution in [2.45, 2.75) is 37.2 Å². The van der Waals surface area contributed by atoms with Crippen LogP contribution in [0.2, 0.25) is 0 Å². The van der Waals surface area contributed by atoms with E-state index in [0.717, 1.165) is 43.6 Å². The van der Waals surface area contributed by atoms with Crippen molar-refractivity contribution < 1.29 is 23.4 Å². The van der Waals surface area contributed by atoms with Gasteiger partial charge < -0.3 is 20.4 Å². The number of benzene rings is 2. The first-order valence-electron chi connectivity index (χ1n) is 9.88. The van der Waals surface area contributed by atoms with Crippen LogP contribution in [0.1, 0.15) is 41.7 Å². The largest absolute Gasteiger partial charge is 0.416 e. The van der Waals surface area contributed by atoms with Crippen molar-refractivity contribution in [3.63, 3.8) is 0 Å². The van der Waals surface area contributed by atoms with Gasteiger partial charge >= 0.3 is 6.18 Å². The molecular formula is C22H27F3N2O2. The maximum Gasteiger partial charge on any atom is 0.416 e. The highest BCUT2D eigenvalue weighted by atomic mass is 19.4. The molecule has 0 spiro atoms. The number of nitrogens with zero attached hydrogens (tertiary/aromatic N) is 1. The summed E-state index contributed by atoms with van der Waals surface area (Å²) in [7, 11) is 0. The molecule has 1 fully saturated rings. The van der Waals surface area contributed by atoms with Gasteiger partial charge in [-0.2, -0.15) is 13.2 Å². The summed E-state index contributed by atoms with van der Waals surface area (Å²) in [6.07, 6.45) is -3.24. The van der Waals surface area contributed by atoms with Gasteiger partial charge in [-0.15, -0.1) is 0 Å². The number of hydrogen-bond donors (Lipinski definition) is 3. The van der Waals surface area contributed by atoms with E-state index in [9.17, 15) is 23.4 Å². The number of rotatable bonds is 8. The second-order valence-corrected chi connectivity index (χ2v) is 7.49. The van der Waals surface area contributed by atoms with Crippen molar-refractivity contribution in [2.75, 3.05) is 26.2 Å². The van der Waals surface area contributed by atoms with Gasteiger partial charge in [0.05, 0.1) is 30.4 Å². The molecule has 29 heavy (non-hydrogen) atoms. The van der Waals surface area contributed by atoms with Crippen LogP contribution in [0.15, 0.2) is 54.6 Å². The molecule has 1 aliphatic rings. The average molecular weight is 408 g/mol. The minimum atomic E-state index is -4.41. The molecule has 2 aromatic rings. The molecular weight excluding hydrogens is 381 g/mol. The summed E-state index contributed by atoms with van der Waals surface area (Å²) in [6.45, 7) is 2.24. The Labute approximate surface area is 169 Å². The van der Waals surface area contributed by atoms with E-state index in [-0.39, 0.29) is 12.6 Å². The van der Waals surface area contributed by atoms with Crippen LogP contribution < -0.4 is 5.32 Å². The van der Waals surface area contributed by atoms with Crippen molar-refractivity contribution in [2.24, 2.45) is 0 Å². The number of hydrogen-bond acceptors (Lipinski definition) is 4. The summed E-state index contributed by atoms with van der Waals surface area (Å²) in [6, 6.07) is 13.2. The molecule has 7 heteroatoms. The number of halogens is 3. The van der Waals surface area contributed by atoms with Crippen LogP contribution in [0.3, 0.4) is 0 Å². The third kappa shape index (κ3) is 5.79. The van der Waals surface area contributed by atoms with Gasteiger partial charge in [-0.3, -0.25) is 0 Å². The van der Waals surface area contributed by atoms with Crippen LogP contribution in [-0.4, -0.2) is 47.4 Å². The second-order valence-electron chi connectivity index (χ2n) is 7.49. The fraction of sp³-hybridized carbons (Fsp3) is 0.455. The lowest BCUT2D eigenvalue weighted by Gasteiger charge is -2.32. The molecule has 158 valence electrons. The van der Waals surface area contributed by atoms with E-state index in [1.165, 1.54) is 12.1 Å². The molecule has 3 N–H and O–H groups in total. The van der Waals surface area contributed by atoms with Gasteiger partial charge in [0.2, 0.25) is 0 Å². The lowest BCUT2D eigenvalue weighted by Crippen LogP contribution is -2.46. The Morgan fingerprint density at radius 1 is 0.931 bits per heavy atom. The lowest BCUT2D eigenvalue weighted by atomic mass is 9.98. The van der Waals surface area contributed by atoms with Crippen molar-refractivity contribution in [1.82, 2.24) is 10.2 Å². The van der Waals surface area contributed by atoms with Gasteiger partial charge in [0, 0.05) is 6.54 Å². The van der Waals surface area contributed by atoms with Gasteiger partial charge in [0.15, 0.2) is 0 Å². The van der Waals surface area contributed by atoms with E-state index in [4.69, 9.17) is 0 Å². The van der Waals surface area contributed by atoms with E-state index in [0.29, 0.717) is 12.1 Å². The third-order valence-corrected chi connectivity index (χ3v) is 5.41. The van der Waals surface area contributed by atoms with E-state index in [2.05, 4.69) is 10.2 Å². The van der Waals surface area contributed by atoms with Crippen molar-refractivity contribution in [3.05, 3.63) is 71.3 Å². The number of aliphatic hydroxyl groups excluding tert-OH is 2. The monoisotopic (exact) mass is 408 g/mol. The zero-order chi connectivity index (χ0) is 20.9. The van der Waals surface area contributed by atoms with E-state index in [1.54, 1.807) is 0 Å². The Morgan fingerprint density at radius 3 is 2.10 bits per heavy atom. The molecule has 0 bridgehead atoms. The van der Waals surface area contributed by atoms with Gasteiger partial charge in [-0.25, -0.2) is 0 Å². The van der Waals surface area contributed by atoms with Crippen LogP contribution >= 0.6 is 0 Å². The fourth-order valence-corrected chi connectivity index (χ4v) is 3.79. The van der Waals surface area contributed by atoms with E-state index >= 15 is 0 Å². The summed E-state index contributed by atoms with van der Waals surface area (Å²) < 4.78 is 38.5. The first-order valence-corrected chi connectivity index (χ1v) is 9.88. The van der Waals surface area contributed by atoms with E-state index < -0.39 is 23.9 Å². The van der Waals surface area contributed by atoms with Gasteiger partial charge in [-0.05, 0) is 49.2 Å². The number of likely N-dealkylation sites (tertiary alicyclic amines) is 1. The Hall–Kier alpha value is -1.93. The molecule has 0 amide bonds. The van der Waals surface area contributed by atoms with Gasteiger partial charge in [0.1, 0.15) is 0 Å². The Morgan fingerprint density at radius 2 is 1.55 bits per heavy atom. The zero-order valence-electron chi connectivity index (χ0n) is 16.1. The third-order valence-electron chi connectivity index (χ3n) is 5.41. The van der Waals surface area contributed by atoms with Crippen molar-refractivity contribution in [3.8, 4) is 0 Å². The van der Waals surface area contributed by atoms with Crippen LogP contribution in [-0.2, 0) is 6.18 Å². The standard InChI is InChI=1S/C22H27F3N2O2/c23-22(24,25)18-10-8-17(9-11-18)21(29)19(14-27-12-4-5-13-27)26-20(15-28)16-6-2-1-3-7-16/h1-3,6-11,19-21,26,28-29H,4-5,12-15H2/t19-,20-,21-/m1/s1. The molecule has 0 unspecified atom stereocenters. The Balaban J connectivity index is 1.80. The summed E-state index contributed by atoms with van der Waals surface area (Å²) in [5, 5.41) is 24.2. The van der Waals surface area contributed by atoms with Crippen LogP contribution in [0, 0.1) is 0 Å². The SMILES string of the molecule is OC[C@@H](N[C@H](CN1CCCC1)[C@H](O)c1ccc(C(F)(F)F)cc1)c1ccccc1. The molecule has 0 saturated carbocycles. The van der Waals surface area contributed by atoms with Crippen LogP contribution in [0.4, 0.5) is 13.2 Å². The van der Waals surface area contributed by atoms with Gasteiger partial charge in [-0.1, -0.05) is 42.5 Å². The number of alkyl halides is 3. The Kier molecular flexibility index (Phi) is 7.29. The second kappa shape index (κ2) is 9.71. The quantitative estimate of drug-likeness (QED) is 0.626. The first kappa shape index (κ1) is 21.8. The molecule has 3 rings (SSSR count). The molecule has 2 aromatic carbocycles. The molecule has 0 radical (unpaired) electrons. The normalized spacial score (nSPS) is 18.5. The highest BCUT2D eigenvalue weighted by Gasteiger charge is 2.31. The average Bonchev–Trinajstić information content (AvgIpc) is 3.24. The first-order chi connectivity index (χ1) is 13.9. The van der Waals surface area contributed by atoms with Gasteiger partial charge in [0.25, 0.3) is 0 Å². The highest BCUT2D eigenvalue weighted by molar-refractivity contribution is 5.27. The lowest BCUT2D eigenvalue weighted by molar-refractivity contribution is -0.137. The van der Waals surface area contributed by atoms with Crippen molar-refractivity contribution in [1.29, 1.82) is 0 Å². The maximum absolute atomic E-state index is 12.8. The van der Waals surface area contributed by atoms with E-state index in [1.807, 2.05) is 30.3 Å².